The van der Waals surface area contributed by atoms with Gasteiger partial charge < -0.3 is 80.7 Å². The third kappa shape index (κ3) is 20.4. The quantitative estimate of drug-likeness (QED) is 0.0162. The van der Waals surface area contributed by atoms with Crippen LogP contribution in [0.5, 0.6) is 0 Å². The van der Waals surface area contributed by atoms with E-state index in [1.54, 1.807) is 30.9 Å². The van der Waals surface area contributed by atoms with E-state index in [1.165, 1.54) is 32.8 Å². The Kier molecular flexibility index (Phi) is 25.9. The SMILES string of the molecule is CC[C@H](C)[C@H](N)C(=O)N[C@@H](CCCCN)C(=O)N1CCN(c2ccc3ncn(CC(=O)N[C@@H](CCCN=C(N)N)C(=O)N[C@@H](Cc4cnc[nH]4)C(=O)N[C@@H](C)C(=O)N[C@@H](CC(C)C)C(=O)N[C@@H](CC(N)=O)C(=O)NC)c(=O)c3c2)CC1. The number of aromatic nitrogens is 4. The highest BCUT2D eigenvalue weighted by molar-refractivity contribution is 5.97. The van der Waals surface area contributed by atoms with Gasteiger partial charge in [0, 0.05) is 63.8 Å². The molecule has 0 bridgehead atoms. The molecule has 0 aliphatic carbocycles. The Hall–Kier alpha value is -8.21. The summed E-state index contributed by atoms with van der Waals surface area (Å²) in [5, 5.41) is 18.4. The molecule has 1 aliphatic rings. The number of aromatic amines is 1. The number of hydrogen-bond donors (Lipinski definition) is 13. The van der Waals surface area contributed by atoms with Crippen LogP contribution >= 0.6 is 0 Å². The summed E-state index contributed by atoms with van der Waals surface area (Å²) < 4.78 is 1.09. The third-order valence-corrected chi connectivity index (χ3v) is 13.8. The first-order valence-electron chi connectivity index (χ1n) is 27.3. The van der Waals surface area contributed by atoms with Gasteiger partial charge in [-0.3, -0.25) is 57.5 Å². The smallest absolute Gasteiger partial charge is 0.261 e. The van der Waals surface area contributed by atoms with E-state index in [2.05, 4.69) is 57.2 Å². The molecular formula is C52H83N19O10. The summed E-state index contributed by atoms with van der Waals surface area (Å²) in [6.45, 7) is 10.3. The maximum absolute atomic E-state index is 14.2. The highest BCUT2D eigenvalue weighted by Crippen LogP contribution is 2.22. The van der Waals surface area contributed by atoms with Crippen LogP contribution in [0.25, 0.3) is 10.9 Å². The fraction of sp³-hybridized carbons (Fsp3) is 0.596. The minimum Gasteiger partial charge on any atom is -0.370 e. The molecule has 8 atom stereocenters. The molecule has 9 amide bonds. The summed E-state index contributed by atoms with van der Waals surface area (Å²) in [6.07, 6.45) is 6.07. The van der Waals surface area contributed by atoms with Crippen molar-refractivity contribution in [2.75, 3.05) is 51.2 Å². The van der Waals surface area contributed by atoms with Crippen LogP contribution in [0.15, 0.2) is 46.8 Å². The van der Waals surface area contributed by atoms with Crippen molar-refractivity contribution in [1.29, 1.82) is 0 Å². The molecule has 3 aromatic rings. The van der Waals surface area contributed by atoms with Gasteiger partial charge in [-0.25, -0.2) is 9.97 Å². The number of carbonyl (C=O) groups excluding carboxylic acids is 9. The zero-order chi connectivity index (χ0) is 59.9. The molecule has 4 rings (SSSR count). The molecule has 81 heavy (non-hydrogen) atoms. The number of aliphatic imine (C=N–C) groups is 1. The van der Waals surface area contributed by atoms with E-state index >= 15 is 0 Å². The lowest BCUT2D eigenvalue weighted by molar-refractivity contribution is -0.137. The fourth-order valence-corrected chi connectivity index (χ4v) is 8.89. The second kappa shape index (κ2) is 32.1. The first kappa shape index (κ1) is 65.3. The van der Waals surface area contributed by atoms with Gasteiger partial charge in [0.25, 0.3) is 5.56 Å². The Balaban J connectivity index is 1.49. The second-order valence-corrected chi connectivity index (χ2v) is 20.6. The van der Waals surface area contributed by atoms with Crippen molar-refractivity contribution in [3.63, 3.8) is 0 Å². The van der Waals surface area contributed by atoms with Crippen LogP contribution in [0.2, 0.25) is 0 Å². The van der Waals surface area contributed by atoms with Crippen molar-refractivity contribution in [3.8, 4) is 0 Å². The molecular weight excluding hydrogens is 1050 g/mol. The van der Waals surface area contributed by atoms with Crippen LogP contribution in [0.1, 0.15) is 91.7 Å². The second-order valence-electron chi connectivity index (χ2n) is 20.6. The number of benzene rings is 1. The summed E-state index contributed by atoms with van der Waals surface area (Å²) in [7, 11) is 1.32. The fourth-order valence-electron chi connectivity index (χ4n) is 8.89. The molecule has 29 heteroatoms. The summed E-state index contributed by atoms with van der Waals surface area (Å²) in [6, 6.07) is -2.86. The van der Waals surface area contributed by atoms with Gasteiger partial charge in [-0.2, -0.15) is 0 Å². The van der Waals surface area contributed by atoms with Gasteiger partial charge >= 0.3 is 0 Å². The number of guanidine groups is 1. The number of nitrogens with two attached hydrogens (primary N) is 5. The summed E-state index contributed by atoms with van der Waals surface area (Å²) in [5.74, 6) is -6.49. The van der Waals surface area contributed by atoms with Crippen molar-refractivity contribution >= 4 is 75.7 Å². The Morgan fingerprint density at radius 2 is 1.40 bits per heavy atom. The normalized spacial score (nSPS) is 15.4. The van der Waals surface area contributed by atoms with Crippen molar-refractivity contribution in [2.45, 2.75) is 141 Å². The number of hydrogen-bond acceptors (Lipinski definition) is 16. The molecule has 446 valence electrons. The van der Waals surface area contributed by atoms with Crippen LogP contribution < -0.4 is 76.3 Å². The first-order chi connectivity index (χ1) is 38.5. The number of piperazine rings is 1. The Morgan fingerprint density at radius 3 is 2.01 bits per heavy atom. The molecule has 29 nitrogen and oxygen atoms in total. The Bertz CT molecular complexity index is 2720. The predicted octanol–water partition coefficient (Wildman–Crippen LogP) is -3.84. The maximum atomic E-state index is 14.2. The zero-order valence-electron chi connectivity index (χ0n) is 47.1. The number of carbonyl (C=O) groups is 9. The number of primary amides is 1. The molecule has 0 unspecified atom stereocenters. The summed E-state index contributed by atoms with van der Waals surface area (Å²) in [4.78, 5) is 153. The number of rotatable bonds is 32. The molecule has 1 aliphatic heterocycles. The van der Waals surface area contributed by atoms with Crippen molar-refractivity contribution < 1.29 is 43.2 Å². The number of fused-ring (bicyclic) bond motifs is 1. The minimum atomic E-state index is -1.37. The third-order valence-electron chi connectivity index (χ3n) is 13.8. The van der Waals surface area contributed by atoms with E-state index < -0.39 is 102 Å². The molecule has 1 saturated heterocycles. The molecule has 1 aromatic carbocycles. The van der Waals surface area contributed by atoms with E-state index in [0.29, 0.717) is 75.3 Å². The van der Waals surface area contributed by atoms with Gasteiger partial charge in [0.05, 0.1) is 36.0 Å². The highest BCUT2D eigenvalue weighted by Gasteiger charge is 2.34. The number of imidazole rings is 1. The van der Waals surface area contributed by atoms with E-state index in [4.69, 9.17) is 28.7 Å². The average Bonchev–Trinajstić information content (AvgIpc) is 4.02. The molecule has 3 heterocycles. The van der Waals surface area contributed by atoms with Gasteiger partial charge in [-0.15, -0.1) is 0 Å². The van der Waals surface area contributed by atoms with Gasteiger partial charge in [0.1, 0.15) is 42.8 Å². The van der Waals surface area contributed by atoms with Crippen LogP contribution in [0.4, 0.5) is 5.69 Å². The number of nitrogens with zero attached hydrogens (tertiary/aromatic N) is 6. The number of unbranched alkanes of at least 4 members (excludes halogenated alkanes) is 1. The van der Waals surface area contributed by atoms with Crippen LogP contribution in [0.3, 0.4) is 0 Å². The van der Waals surface area contributed by atoms with E-state index in [9.17, 15) is 47.9 Å². The average molecular weight is 1130 g/mol. The number of H-pyrrole nitrogens is 1. The Morgan fingerprint density at radius 1 is 0.753 bits per heavy atom. The van der Waals surface area contributed by atoms with Gasteiger partial charge in [-0.05, 0) is 82.0 Å². The number of amides is 9. The predicted molar refractivity (Wildman–Crippen MR) is 302 cm³/mol. The Labute approximate surface area is 470 Å². The lowest BCUT2D eigenvalue weighted by atomic mass is 9.98. The first-order valence-corrected chi connectivity index (χ1v) is 27.3. The minimum absolute atomic E-state index is 0.0336. The van der Waals surface area contributed by atoms with Crippen molar-refractivity contribution in [2.24, 2.45) is 45.5 Å². The monoisotopic (exact) mass is 1130 g/mol. The van der Waals surface area contributed by atoms with Crippen LogP contribution in [0, 0.1) is 11.8 Å². The molecule has 0 spiro atoms. The molecule has 1 fully saturated rings. The summed E-state index contributed by atoms with van der Waals surface area (Å²) in [5.41, 5.74) is 29.2. The van der Waals surface area contributed by atoms with Gasteiger partial charge in [0.2, 0.25) is 53.2 Å². The number of anilines is 1. The molecule has 0 radical (unpaired) electrons. The topological polar surface area (TPSA) is 450 Å². The van der Waals surface area contributed by atoms with Crippen molar-refractivity contribution in [3.05, 3.63) is 53.1 Å². The van der Waals surface area contributed by atoms with E-state index in [0.717, 1.165) is 4.57 Å². The van der Waals surface area contributed by atoms with Gasteiger partial charge in [-0.1, -0.05) is 34.1 Å². The van der Waals surface area contributed by atoms with Gasteiger partial charge in [0.15, 0.2) is 5.96 Å². The standard InChI is InChI=1S/C52H83N19O10/c1-7-30(4)43(55)49(79)65-37(11-8-9-15-53)51(81)70-19-17-69(18-20-70)33-13-14-35-34(23-33)50(80)71(28-62-35)26-42(73)64-36(12-10-16-60-52(56)57)46(76)67-39(22-32-25-59-27-61-32)47(77)63-31(5)44(74)66-38(21-29(2)3)48(78)68-40(24-41(54)72)45(75)58-6/h13-14,23,25,27-31,36-40,43H,7-12,15-22,24,26,53,55H2,1-6H3,(H2,54,72)(H,58,75)(H,59,61)(H,63,77)(H,64,73)(H,65,79)(H,66,74)(H,67,76)(H,68,78)(H4,56,57,60)/t30-,31-,36-,37-,38-,39-,40-,43-/m0/s1. The van der Waals surface area contributed by atoms with E-state index in [-0.39, 0.29) is 67.2 Å². The van der Waals surface area contributed by atoms with Crippen LogP contribution in [-0.4, -0.2) is 172 Å². The molecule has 0 saturated carbocycles. The van der Waals surface area contributed by atoms with Crippen LogP contribution in [-0.2, 0) is 56.1 Å². The number of nitrogens with one attached hydrogen (secondary N) is 8. The lowest BCUT2D eigenvalue weighted by Gasteiger charge is -2.38. The number of likely N-dealkylation sites (N-methyl/N-ethyl adjacent to an activating group) is 1. The van der Waals surface area contributed by atoms with E-state index in [1.807, 2.05) is 24.8 Å². The molecule has 18 N–H and O–H groups in total. The zero-order valence-corrected chi connectivity index (χ0v) is 47.1. The van der Waals surface area contributed by atoms with Crippen molar-refractivity contribution in [1.82, 2.24) is 61.6 Å². The molecule has 2 aromatic heterocycles. The maximum Gasteiger partial charge on any atom is 0.261 e. The lowest BCUT2D eigenvalue weighted by Crippen LogP contribution is -2.59. The largest absolute Gasteiger partial charge is 0.370 e. The summed E-state index contributed by atoms with van der Waals surface area (Å²) >= 11 is 0. The highest BCUT2D eigenvalue weighted by atomic mass is 16.2.